The average molecular weight is 254 g/mol. The van der Waals surface area contributed by atoms with Crippen LogP contribution in [0.15, 0.2) is 34.5 Å². The second kappa shape index (κ2) is 5.68. The Hall–Kier alpha value is -1.55. The van der Waals surface area contributed by atoms with Crippen LogP contribution in [0.4, 0.5) is 0 Å². The van der Waals surface area contributed by atoms with Crippen molar-refractivity contribution < 1.29 is 5.21 Å². The summed E-state index contributed by atoms with van der Waals surface area (Å²) in [4.78, 5) is 0. The number of oxime groups is 1. The van der Waals surface area contributed by atoms with Crippen LogP contribution >= 0.6 is 11.6 Å². The van der Waals surface area contributed by atoms with Crippen LogP contribution in [0.5, 0.6) is 0 Å². The summed E-state index contributed by atoms with van der Waals surface area (Å²) in [6.45, 7) is 5.48. The van der Waals surface area contributed by atoms with E-state index in [0.29, 0.717) is 10.7 Å². The van der Waals surface area contributed by atoms with Gasteiger partial charge in [0.2, 0.25) is 0 Å². The molecule has 1 aromatic carbocycles. The van der Waals surface area contributed by atoms with E-state index in [-0.39, 0.29) is 0 Å². The summed E-state index contributed by atoms with van der Waals surface area (Å²) >= 11 is 5.78. The zero-order valence-electron chi connectivity index (χ0n) is 10.1. The van der Waals surface area contributed by atoms with E-state index in [9.17, 15) is 0 Å². The van der Waals surface area contributed by atoms with Gasteiger partial charge in [0.05, 0.1) is 17.5 Å². The lowest BCUT2D eigenvalue weighted by Crippen LogP contribution is -2.42. The zero-order chi connectivity index (χ0) is 12.9. The Kier molecular flexibility index (Phi) is 4.52. The van der Waals surface area contributed by atoms with Gasteiger partial charge in [-0.25, -0.2) is 0 Å². The lowest BCUT2D eigenvalue weighted by Gasteiger charge is -2.22. The molecule has 0 aromatic heterocycles. The van der Waals surface area contributed by atoms with Crippen LogP contribution in [0.25, 0.3) is 0 Å². The third-order valence-corrected chi connectivity index (χ3v) is 2.73. The summed E-state index contributed by atoms with van der Waals surface area (Å²) < 4.78 is 0. The second-order valence-electron chi connectivity index (χ2n) is 4.23. The van der Waals surface area contributed by atoms with Gasteiger partial charge in [0, 0.05) is 5.02 Å². The third kappa shape index (κ3) is 4.07. The molecular formula is C12H16ClN3O. The standard InChI is InChI=1S/C12H16ClN3O/c1-9(15-17)12(2,3)16-14-8-10-4-6-11(13)7-5-10/h4-8,16-17H,1-3H3/b14-8-,15-9+. The van der Waals surface area contributed by atoms with E-state index in [0.717, 1.165) is 5.56 Å². The lowest BCUT2D eigenvalue weighted by atomic mass is 10.0. The second-order valence-corrected chi connectivity index (χ2v) is 4.67. The minimum absolute atomic E-state index is 0.488. The molecule has 0 radical (unpaired) electrons. The van der Waals surface area contributed by atoms with Crippen molar-refractivity contribution in [3.63, 3.8) is 0 Å². The Morgan fingerprint density at radius 1 is 1.35 bits per heavy atom. The van der Waals surface area contributed by atoms with Gasteiger partial charge in [-0.3, -0.25) is 5.43 Å². The van der Waals surface area contributed by atoms with E-state index < -0.39 is 5.54 Å². The quantitative estimate of drug-likeness (QED) is 0.492. The number of hydrogen-bond donors (Lipinski definition) is 2. The normalized spacial score (nSPS) is 13.1. The van der Waals surface area contributed by atoms with Crippen LogP contribution < -0.4 is 5.43 Å². The number of nitrogens with one attached hydrogen (secondary N) is 1. The maximum absolute atomic E-state index is 8.70. The number of hydrazone groups is 1. The lowest BCUT2D eigenvalue weighted by molar-refractivity contribution is 0.311. The van der Waals surface area contributed by atoms with E-state index in [1.54, 1.807) is 25.3 Å². The van der Waals surface area contributed by atoms with Gasteiger partial charge in [-0.15, -0.1) is 0 Å². The SMILES string of the molecule is C/C(=N\O)C(C)(C)N/N=C\c1ccc(Cl)cc1. The fraction of sp³-hybridized carbons (Fsp3) is 0.333. The van der Waals surface area contributed by atoms with Crippen molar-refractivity contribution in [1.29, 1.82) is 0 Å². The molecule has 17 heavy (non-hydrogen) atoms. The van der Waals surface area contributed by atoms with Gasteiger partial charge in [-0.1, -0.05) is 28.9 Å². The molecule has 0 fully saturated rings. The molecule has 2 N–H and O–H groups in total. The van der Waals surface area contributed by atoms with Crippen molar-refractivity contribution in [1.82, 2.24) is 5.43 Å². The van der Waals surface area contributed by atoms with Crippen molar-refractivity contribution in [3.05, 3.63) is 34.9 Å². The van der Waals surface area contributed by atoms with E-state index in [1.807, 2.05) is 26.0 Å². The van der Waals surface area contributed by atoms with Gasteiger partial charge in [-0.05, 0) is 38.5 Å². The molecule has 0 bridgehead atoms. The Bertz CT molecular complexity index is 424. The number of halogens is 1. The summed E-state index contributed by atoms with van der Waals surface area (Å²) in [7, 11) is 0. The van der Waals surface area contributed by atoms with Gasteiger partial charge >= 0.3 is 0 Å². The van der Waals surface area contributed by atoms with Crippen molar-refractivity contribution >= 4 is 23.5 Å². The molecule has 0 unspecified atom stereocenters. The van der Waals surface area contributed by atoms with Crippen molar-refractivity contribution in [2.24, 2.45) is 10.3 Å². The molecule has 0 atom stereocenters. The van der Waals surface area contributed by atoms with Crippen molar-refractivity contribution in [3.8, 4) is 0 Å². The maximum Gasteiger partial charge on any atom is 0.0902 e. The van der Waals surface area contributed by atoms with Crippen LogP contribution in [-0.4, -0.2) is 22.7 Å². The number of rotatable bonds is 4. The summed E-state index contributed by atoms with van der Waals surface area (Å²) in [5, 5.41) is 16.7. The first-order valence-corrected chi connectivity index (χ1v) is 5.58. The van der Waals surface area contributed by atoms with Crippen molar-refractivity contribution in [2.75, 3.05) is 0 Å². The fourth-order valence-electron chi connectivity index (χ4n) is 1.02. The summed E-state index contributed by atoms with van der Waals surface area (Å²) in [5.74, 6) is 0. The highest BCUT2D eigenvalue weighted by atomic mass is 35.5. The van der Waals surface area contributed by atoms with Gasteiger partial charge in [0.15, 0.2) is 0 Å². The largest absolute Gasteiger partial charge is 0.411 e. The molecule has 0 aliphatic heterocycles. The fourth-order valence-corrected chi connectivity index (χ4v) is 1.15. The first-order valence-electron chi connectivity index (χ1n) is 5.20. The molecule has 92 valence electrons. The molecule has 0 aliphatic rings. The summed E-state index contributed by atoms with van der Waals surface area (Å²) in [5.41, 5.74) is 3.93. The predicted octanol–water partition coefficient (Wildman–Crippen LogP) is 2.89. The molecule has 0 spiro atoms. The molecule has 1 rings (SSSR count). The minimum atomic E-state index is -0.488. The molecular weight excluding hydrogens is 238 g/mol. The molecule has 0 aliphatic carbocycles. The summed E-state index contributed by atoms with van der Waals surface area (Å²) in [6, 6.07) is 7.34. The van der Waals surface area contributed by atoms with Gasteiger partial charge in [0.1, 0.15) is 0 Å². The summed E-state index contributed by atoms with van der Waals surface area (Å²) in [6.07, 6.45) is 1.68. The molecule has 5 heteroatoms. The Morgan fingerprint density at radius 3 is 2.47 bits per heavy atom. The molecule has 0 amide bonds. The van der Waals surface area contributed by atoms with Gasteiger partial charge in [-0.2, -0.15) is 5.10 Å². The number of benzene rings is 1. The molecule has 1 aromatic rings. The topological polar surface area (TPSA) is 57.0 Å². The predicted molar refractivity (Wildman–Crippen MR) is 71.2 cm³/mol. The maximum atomic E-state index is 8.70. The Balaban J connectivity index is 2.64. The number of hydrogen-bond acceptors (Lipinski definition) is 4. The van der Waals surface area contributed by atoms with E-state index in [4.69, 9.17) is 16.8 Å². The monoisotopic (exact) mass is 253 g/mol. The van der Waals surface area contributed by atoms with E-state index >= 15 is 0 Å². The van der Waals surface area contributed by atoms with Crippen LogP contribution in [0, 0.1) is 0 Å². The van der Waals surface area contributed by atoms with Crippen LogP contribution in [0.3, 0.4) is 0 Å². The minimum Gasteiger partial charge on any atom is -0.411 e. The number of nitrogens with zero attached hydrogens (tertiary/aromatic N) is 2. The van der Waals surface area contributed by atoms with E-state index in [2.05, 4.69) is 15.7 Å². The highest BCUT2D eigenvalue weighted by Gasteiger charge is 2.20. The van der Waals surface area contributed by atoms with E-state index in [1.165, 1.54) is 0 Å². The third-order valence-electron chi connectivity index (χ3n) is 2.48. The Labute approximate surface area is 106 Å². The molecule has 0 saturated carbocycles. The van der Waals surface area contributed by atoms with Crippen LogP contribution in [0.1, 0.15) is 26.3 Å². The molecule has 4 nitrogen and oxygen atoms in total. The average Bonchev–Trinajstić information content (AvgIpc) is 2.30. The first kappa shape index (κ1) is 13.5. The highest BCUT2D eigenvalue weighted by molar-refractivity contribution is 6.30. The molecule has 0 saturated heterocycles. The highest BCUT2D eigenvalue weighted by Crippen LogP contribution is 2.08. The van der Waals surface area contributed by atoms with Crippen molar-refractivity contribution in [2.45, 2.75) is 26.3 Å². The Morgan fingerprint density at radius 2 is 1.94 bits per heavy atom. The molecule has 0 heterocycles. The first-order chi connectivity index (χ1) is 7.95. The van der Waals surface area contributed by atoms with Gasteiger partial charge < -0.3 is 5.21 Å². The smallest absolute Gasteiger partial charge is 0.0902 e. The zero-order valence-corrected chi connectivity index (χ0v) is 10.9. The van der Waals surface area contributed by atoms with Crippen LogP contribution in [0.2, 0.25) is 5.02 Å². The van der Waals surface area contributed by atoms with Crippen LogP contribution in [-0.2, 0) is 0 Å². The van der Waals surface area contributed by atoms with Gasteiger partial charge in [0.25, 0.3) is 0 Å².